The van der Waals surface area contributed by atoms with Crippen molar-refractivity contribution in [2.75, 3.05) is 32.7 Å². The summed E-state index contributed by atoms with van der Waals surface area (Å²) >= 11 is 6.09. The number of carbonyl (C=O) groups is 2. The first-order valence-electron chi connectivity index (χ1n) is 15.3. The van der Waals surface area contributed by atoms with Crippen molar-refractivity contribution in [2.24, 2.45) is 11.3 Å². The summed E-state index contributed by atoms with van der Waals surface area (Å²) in [6.07, 6.45) is 3.66. The fraction of sp³-hybridized carbons (Fsp3) is 0.576. The molecule has 0 aromatic heterocycles. The lowest BCUT2D eigenvalue weighted by Crippen LogP contribution is -2.48. The average molecular weight is 604 g/mol. The van der Waals surface area contributed by atoms with Crippen molar-refractivity contribution >= 4 is 23.4 Å². The van der Waals surface area contributed by atoms with Crippen LogP contribution in [-0.2, 0) is 12.6 Å². The zero-order valence-electron chi connectivity index (χ0n) is 24.5. The van der Waals surface area contributed by atoms with Gasteiger partial charge in [0, 0.05) is 25.2 Å². The van der Waals surface area contributed by atoms with Crippen molar-refractivity contribution < 1.29 is 22.8 Å². The maximum Gasteiger partial charge on any atom is 0.416 e. The van der Waals surface area contributed by atoms with Crippen LogP contribution in [0.3, 0.4) is 0 Å². The highest BCUT2D eigenvalue weighted by atomic mass is 35.5. The van der Waals surface area contributed by atoms with Crippen LogP contribution in [0.25, 0.3) is 0 Å². The smallest absolute Gasteiger partial charge is 0.345 e. The molecule has 5 rings (SSSR count). The van der Waals surface area contributed by atoms with Crippen LogP contribution in [-0.4, -0.2) is 54.3 Å². The molecule has 1 N–H and O–H groups in total. The molecule has 2 amide bonds. The van der Waals surface area contributed by atoms with Crippen LogP contribution in [0.4, 0.5) is 13.2 Å². The molecule has 2 fully saturated rings. The summed E-state index contributed by atoms with van der Waals surface area (Å²) in [5.41, 5.74) is 1.66. The van der Waals surface area contributed by atoms with E-state index in [1.54, 1.807) is 0 Å². The lowest BCUT2D eigenvalue weighted by Gasteiger charge is -2.47. The van der Waals surface area contributed by atoms with Gasteiger partial charge in [-0.3, -0.25) is 9.59 Å². The molecule has 1 unspecified atom stereocenters. The first-order valence-corrected chi connectivity index (χ1v) is 15.7. The van der Waals surface area contributed by atoms with E-state index in [4.69, 9.17) is 11.6 Å². The number of alkyl halides is 3. The number of likely N-dealkylation sites (tertiary alicyclic amines) is 2. The molecule has 42 heavy (non-hydrogen) atoms. The first-order chi connectivity index (χ1) is 20.0. The topological polar surface area (TPSA) is 52.6 Å². The molecule has 0 saturated carbocycles. The van der Waals surface area contributed by atoms with Gasteiger partial charge in [0.2, 0.25) is 0 Å². The molecule has 0 bridgehead atoms. The van der Waals surface area contributed by atoms with Crippen LogP contribution in [0.1, 0.15) is 102 Å². The molecule has 1 atom stereocenters. The van der Waals surface area contributed by atoms with Gasteiger partial charge in [-0.1, -0.05) is 44.4 Å². The van der Waals surface area contributed by atoms with E-state index in [2.05, 4.69) is 24.1 Å². The number of nitrogens with one attached hydrogen (secondary N) is 1. The number of halogens is 4. The summed E-state index contributed by atoms with van der Waals surface area (Å²) in [7, 11) is 0. The number of hydrogen-bond donors (Lipinski definition) is 1. The Kier molecular flexibility index (Phi) is 9.24. The van der Waals surface area contributed by atoms with E-state index in [1.165, 1.54) is 32.2 Å². The summed E-state index contributed by atoms with van der Waals surface area (Å²) < 4.78 is 39.6. The molecule has 0 radical (unpaired) electrons. The van der Waals surface area contributed by atoms with Crippen molar-refractivity contribution in [3.8, 4) is 0 Å². The average Bonchev–Trinajstić information content (AvgIpc) is 3.38. The summed E-state index contributed by atoms with van der Waals surface area (Å²) in [6, 6.07) is 7.99. The molecule has 2 aliphatic heterocycles. The van der Waals surface area contributed by atoms with Crippen molar-refractivity contribution in [2.45, 2.75) is 77.4 Å². The second-order valence-electron chi connectivity index (χ2n) is 12.4. The van der Waals surface area contributed by atoms with Crippen molar-refractivity contribution in [3.63, 3.8) is 0 Å². The highest BCUT2D eigenvalue weighted by Crippen LogP contribution is 2.42. The van der Waals surface area contributed by atoms with E-state index < -0.39 is 23.7 Å². The van der Waals surface area contributed by atoms with Crippen LogP contribution in [0, 0.1) is 11.3 Å². The van der Waals surface area contributed by atoms with Crippen LogP contribution >= 0.6 is 11.6 Å². The van der Waals surface area contributed by atoms with Crippen LogP contribution in [0.2, 0.25) is 5.02 Å². The molecule has 2 heterocycles. The van der Waals surface area contributed by atoms with E-state index in [9.17, 15) is 22.8 Å². The summed E-state index contributed by atoms with van der Waals surface area (Å²) in [5, 5.41) is 2.82. The Balaban J connectivity index is 1.20. The Morgan fingerprint density at radius 3 is 2.31 bits per heavy atom. The van der Waals surface area contributed by atoms with E-state index in [-0.39, 0.29) is 16.5 Å². The predicted octanol–water partition coefficient (Wildman–Crippen LogP) is 7.53. The van der Waals surface area contributed by atoms with Gasteiger partial charge in [0.15, 0.2) is 0 Å². The van der Waals surface area contributed by atoms with E-state index in [1.807, 2.05) is 23.1 Å². The Labute approximate surface area is 251 Å². The lowest BCUT2D eigenvalue weighted by molar-refractivity contribution is -0.137. The van der Waals surface area contributed by atoms with Gasteiger partial charge in [0.25, 0.3) is 11.8 Å². The standard InChI is InChI=1S/C33H41ClF3N3O2/c1-3-22(4-2)21-39-15-11-32(12-16-39)13-17-40(18-14-32)31(42)24-6-5-23-7-10-29(26(23)19-24)38-30(41)27-20-25(33(35,36)37)8-9-28(27)34/h5-6,8-9,19-20,22,29H,3-4,7,10-18,21H2,1-2H3,(H,38,41). The number of aryl methyl sites for hydroxylation is 1. The Hall–Kier alpha value is -2.58. The highest BCUT2D eigenvalue weighted by molar-refractivity contribution is 6.33. The lowest BCUT2D eigenvalue weighted by atomic mass is 9.71. The molecule has 3 aliphatic rings. The third kappa shape index (κ3) is 6.65. The molecule has 5 nitrogen and oxygen atoms in total. The zero-order valence-corrected chi connectivity index (χ0v) is 25.3. The van der Waals surface area contributed by atoms with Gasteiger partial charge in [-0.25, -0.2) is 0 Å². The second-order valence-corrected chi connectivity index (χ2v) is 12.9. The molecular formula is C33H41ClF3N3O2. The number of fused-ring (bicyclic) bond motifs is 1. The number of benzene rings is 2. The summed E-state index contributed by atoms with van der Waals surface area (Å²) in [6.45, 7) is 9.54. The number of nitrogens with zero attached hydrogens (tertiary/aromatic N) is 2. The maximum atomic E-state index is 13.5. The number of hydrogen-bond acceptors (Lipinski definition) is 3. The highest BCUT2D eigenvalue weighted by Gasteiger charge is 2.39. The van der Waals surface area contributed by atoms with Gasteiger partial charge in [0.05, 0.1) is 22.2 Å². The molecule has 1 aliphatic carbocycles. The quantitative estimate of drug-likeness (QED) is 0.356. The number of rotatable bonds is 7. The molecule has 2 aromatic rings. The minimum atomic E-state index is -4.58. The van der Waals surface area contributed by atoms with Crippen molar-refractivity contribution in [1.29, 1.82) is 0 Å². The number of piperidine rings is 2. The minimum absolute atomic E-state index is 0.00304. The van der Waals surface area contributed by atoms with Crippen LogP contribution in [0.5, 0.6) is 0 Å². The van der Waals surface area contributed by atoms with Gasteiger partial charge in [-0.2, -0.15) is 13.2 Å². The maximum absolute atomic E-state index is 13.5. The van der Waals surface area contributed by atoms with Gasteiger partial charge < -0.3 is 15.1 Å². The second kappa shape index (κ2) is 12.6. The Morgan fingerprint density at radius 2 is 1.67 bits per heavy atom. The monoisotopic (exact) mass is 603 g/mol. The number of amides is 2. The van der Waals surface area contributed by atoms with Gasteiger partial charge >= 0.3 is 6.18 Å². The van der Waals surface area contributed by atoms with E-state index >= 15 is 0 Å². The predicted molar refractivity (Wildman–Crippen MR) is 159 cm³/mol. The molecule has 2 aromatic carbocycles. The first kappa shape index (κ1) is 30.9. The van der Waals surface area contributed by atoms with E-state index in [0.29, 0.717) is 23.8 Å². The van der Waals surface area contributed by atoms with E-state index in [0.717, 1.165) is 74.3 Å². The molecule has 9 heteroatoms. The van der Waals surface area contributed by atoms with Crippen molar-refractivity contribution in [3.05, 3.63) is 69.2 Å². The SMILES string of the molecule is CCC(CC)CN1CCC2(CC1)CCN(C(=O)c1ccc3c(c1)C(NC(=O)c1cc(C(F)(F)F)ccc1Cl)CC3)CC2. The van der Waals surface area contributed by atoms with Gasteiger partial charge in [0.1, 0.15) is 0 Å². The molecule has 228 valence electrons. The third-order valence-electron chi connectivity index (χ3n) is 10.0. The third-order valence-corrected chi connectivity index (χ3v) is 10.3. The van der Waals surface area contributed by atoms with Gasteiger partial charge in [-0.05, 0) is 104 Å². The molecule has 2 saturated heterocycles. The summed E-state index contributed by atoms with van der Waals surface area (Å²) in [5.74, 6) is 0.113. The Morgan fingerprint density at radius 1 is 1.00 bits per heavy atom. The van der Waals surface area contributed by atoms with Crippen LogP contribution < -0.4 is 5.32 Å². The zero-order chi connectivity index (χ0) is 30.1. The fourth-order valence-corrected chi connectivity index (χ4v) is 7.19. The summed E-state index contributed by atoms with van der Waals surface area (Å²) in [4.78, 5) is 31.1. The van der Waals surface area contributed by atoms with Crippen molar-refractivity contribution in [1.82, 2.24) is 15.1 Å². The van der Waals surface area contributed by atoms with Gasteiger partial charge in [-0.15, -0.1) is 0 Å². The van der Waals surface area contributed by atoms with Crippen LogP contribution in [0.15, 0.2) is 36.4 Å². The minimum Gasteiger partial charge on any atom is -0.345 e. The fourth-order valence-electron chi connectivity index (χ4n) is 6.99. The molecular weight excluding hydrogens is 563 g/mol. The number of carbonyl (C=O) groups excluding carboxylic acids is 2. The Bertz CT molecular complexity index is 1290. The largest absolute Gasteiger partial charge is 0.416 e. The molecule has 1 spiro atoms. The normalized spacial score (nSPS) is 20.6.